The number of benzene rings is 1. The van der Waals surface area contributed by atoms with Crippen molar-refractivity contribution in [3.05, 3.63) is 29.8 Å². The molecular formula is C15H22F3NO2. The van der Waals surface area contributed by atoms with Crippen molar-refractivity contribution in [3.8, 4) is 5.75 Å². The number of ether oxygens (including phenoxy) is 2. The standard InChI is InChI=1S/C15H22F3NO2/c1-11(2)19-10-13-5-4-6-14(9-13)21-8-7-20-12(3)15(16,17)18/h4-6,9,11-12,19H,7-8,10H2,1-3H3. The van der Waals surface area contributed by atoms with Crippen LogP contribution in [0.1, 0.15) is 26.3 Å². The van der Waals surface area contributed by atoms with Gasteiger partial charge in [-0.05, 0) is 24.6 Å². The lowest BCUT2D eigenvalue weighted by Crippen LogP contribution is -2.29. The third kappa shape index (κ3) is 7.34. The zero-order valence-electron chi connectivity index (χ0n) is 12.5. The summed E-state index contributed by atoms with van der Waals surface area (Å²) in [4.78, 5) is 0. The van der Waals surface area contributed by atoms with E-state index >= 15 is 0 Å². The maximum absolute atomic E-state index is 12.2. The van der Waals surface area contributed by atoms with Crippen molar-refractivity contribution in [2.75, 3.05) is 13.2 Å². The molecule has 0 bridgehead atoms. The Labute approximate surface area is 123 Å². The van der Waals surface area contributed by atoms with E-state index in [4.69, 9.17) is 4.74 Å². The molecule has 0 saturated carbocycles. The van der Waals surface area contributed by atoms with E-state index < -0.39 is 12.3 Å². The van der Waals surface area contributed by atoms with Gasteiger partial charge in [-0.2, -0.15) is 13.2 Å². The van der Waals surface area contributed by atoms with Crippen LogP contribution in [0.3, 0.4) is 0 Å². The molecule has 0 fully saturated rings. The molecule has 1 N–H and O–H groups in total. The zero-order chi connectivity index (χ0) is 15.9. The summed E-state index contributed by atoms with van der Waals surface area (Å²) in [6.45, 7) is 5.80. The van der Waals surface area contributed by atoms with E-state index in [0.29, 0.717) is 11.8 Å². The SMILES string of the molecule is CC(C)NCc1cccc(OCCOC(C)C(F)(F)F)c1. The van der Waals surface area contributed by atoms with Gasteiger partial charge in [-0.25, -0.2) is 0 Å². The Balaban J connectivity index is 2.34. The minimum atomic E-state index is -4.33. The number of alkyl halides is 3. The molecule has 1 rings (SSSR count). The van der Waals surface area contributed by atoms with Crippen molar-refractivity contribution < 1.29 is 22.6 Å². The van der Waals surface area contributed by atoms with Gasteiger partial charge in [-0.1, -0.05) is 26.0 Å². The van der Waals surface area contributed by atoms with Crippen molar-refractivity contribution in [1.29, 1.82) is 0 Å². The normalized spacial score (nSPS) is 13.5. The van der Waals surface area contributed by atoms with Crippen LogP contribution in [0, 0.1) is 0 Å². The van der Waals surface area contributed by atoms with E-state index in [2.05, 4.69) is 23.9 Å². The molecule has 0 amide bonds. The molecule has 0 aromatic heterocycles. The number of rotatable bonds is 8. The van der Waals surface area contributed by atoms with E-state index in [1.165, 1.54) is 0 Å². The highest BCUT2D eigenvalue weighted by Crippen LogP contribution is 2.22. The Kier molecular flexibility index (Phi) is 6.98. The Morgan fingerprint density at radius 3 is 2.48 bits per heavy atom. The van der Waals surface area contributed by atoms with Crippen molar-refractivity contribution in [2.24, 2.45) is 0 Å². The van der Waals surface area contributed by atoms with Gasteiger partial charge in [0.05, 0.1) is 6.61 Å². The molecule has 0 aliphatic carbocycles. The molecular weight excluding hydrogens is 283 g/mol. The fraction of sp³-hybridized carbons (Fsp3) is 0.600. The first-order chi connectivity index (χ1) is 9.79. The molecule has 0 saturated heterocycles. The lowest BCUT2D eigenvalue weighted by molar-refractivity contribution is -0.215. The van der Waals surface area contributed by atoms with E-state index in [0.717, 1.165) is 19.0 Å². The van der Waals surface area contributed by atoms with Crippen LogP contribution in [0.15, 0.2) is 24.3 Å². The Morgan fingerprint density at radius 2 is 1.86 bits per heavy atom. The minimum absolute atomic E-state index is 0.0848. The van der Waals surface area contributed by atoms with Crippen molar-refractivity contribution in [2.45, 2.75) is 45.6 Å². The van der Waals surface area contributed by atoms with Gasteiger partial charge < -0.3 is 14.8 Å². The van der Waals surface area contributed by atoms with Gasteiger partial charge in [0.2, 0.25) is 0 Å². The van der Waals surface area contributed by atoms with E-state index in [1.54, 1.807) is 6.07 Å². The fourth-order valence-electron chi connectivity index (χ4n) is 1.55. The van der Waals surface area contributed by atoms with E-state index in [9.17, 15) is 13.2 Å². The molecule has 0 spiro atoms. The van der Waals surface area contributed by atoms with Crippen LogP contribution in [0.4, 0.5) is 13.2 Å². The van der Waals surface area contributed by atoms with Gasteiger partial charge in [-0.3, -0.25) is 0 Å². The Morgan fingerprint density at radius 1 is 1.14 bits per heavy atom. The van der Waals surface area contributed by atoms with Crippen molar-refractivity contribution in [1.82, 2.24) is 5.32 Å². The van der Waals surface area contributed by atoms with Crippen molar-refractivity contribution >= 4 is 0 Å². The number of hydrogen-bond donors (Lipinski definition) is 1. The van der Waals surface area contributed by atoms with Gasteiger partial charge >= 0.3 is 6.18 Å². The summed E-state index contributed by atoms with van der Waals surface area (Å²) in [5, 5.41) is 3.28. The highest BCUT2D eigenvalue weighted by Gasteiger charge is 2.36. The predicted octanol–water partition coefficient (Wildman–Crippen LogP) is 3.53. The van der Waals surface area contributed by atoms with Gasteiger partial charge in [0.15, 0.2) is 6.10 Å². The van der Waals surface area contributed by atoms with Gasteiger partial charge in [0.1, 0.15) is 12.4 Å². The lowest BCUT2D eigenvalue weighted by Gasteiger charge is -2.16. The maximum atomic E-state index is 12.2. The predicted molar refractivity (Wildman–Crippen MR) is 75.4 cm³/mol. The van der Waals surface area contributed by atoms with Crippen LogP contribution in [-0.2, 0) is 11.3 Å². The summed E-state index contributed by atoms with van der Waals surface area (Å²) in [6, 6.07) is 7.83. The molecule has 0 aliphatic heterocycles. The number of hydrogen-bond acceptors (Lipinski definition) is 3. The fourth-order valence-corrected chi connectivity index (χ4v) is 1.55. The Hall–Kier alpha value is -1.27. The summed E-state index contributed by atoms with van der Waals surface area (Å²) in [5.41, 5.74) is 1.06. The largest absolute Gasteiger partial charge is 0.491 e. The topological polar surface area (TPSA) is 30.5 Å². The molecule has 1 aromatic carbocycles. The second-order valence-corrected chi connectivity index (χ2v) is 5.09. The molecule has 21 heavy (non-hydrogen) atoms. The monoisotopic (exact) mass is 305 g/mol. The first-order valence-corrected chi connectivity index (χ1v) is 6.92. The van der Waals surface area contributed by atoms with E-state index in [1.807, 2.05) is 18.2 Å². The van der Waals surface area contributed by atoms with E-state index in [-0.39, 0.29) is 13.2 Å². The first-order valence-electron chi connectivity index (χ1n) is 6.92. The highest BCUT2D eigenvalue weighted by molar-refractivity contribution is 5.28. The summed E-state index contributed by atoms with van der Waals surface area (Å²) in [5.74, 6) is 0.626. The van der Waals surface area contributed by atoms with Gasteiger partial charge in [0, 0.05) is 12.6 Å². The van der Waals surface area contributed by atoms with Gasteiger partial charge in [-0.15, -0.1) is 0 Å². The summed E-state index contributed by atoms with van der Waals surface area (Å²) < 4.78 is 46.8. The van der Waals surface area contributed by atoms with Crippen LogP contribution in [0.5, 0.6) is 5.75 Å². The Bertz CT molecular complexity index is 422. The van der Waals surface area contributed by atoms with Gasteiger partial charge in [0.25, 0.3) is 0 Å². The highest BCUT2D eigenvalue weighted by atomic mass is 19.4. The third-order valence-corrected chi connectivity index (χ3v) is 2.79. The van der Waals surface area contributed by atoms with Crippen LogP contribution >= 0.6 is 0 Å². The van der Waals surface area contributed by atoms with Crippen LogP contribution < -0.4 is 10.1 Å². The zero-order valence-corrected chi connectivity index (χ0v) is 12.5. The second kappa shape index (κ2) is 8.24. The molecule has 1 atom stereocenters. The van der Waals surface area contributed by atoms with Crippen LogP contribution in [0.25, 0.3) is 0 Å². The van der Waals surface area contributed by atoms with Crippen molar-refractivity contribution in [3.63, 3.8) is 0 Å². The summed E-state index contributed by atoms with van der Waals surface area (Å²) in [7, 11) is 0. The quantitative estimate of drug-likeness (QED) is 0.745. The molecule has 0 aliphatic rings. The lowest BCUT2D eigenvalue weighted by atomic mass is 10.2. The average molecular weight is 305 g/mol. The third-order valence-electron chi connectivity index (χ3n) is 2.79. The molecule has 1 unspecified atom stereocenters. The maximum Gasteiger partial charge on any atom is 0.414 e. The molecule has 0 radical (unpaired) electrons. The summed E-state index contributed by atoms with van der Waals surface area (Å²) in [6.07, 6.45) is -6.11. The number of halogens is 3. The molecule has 0 heterocycles. The molecule has 3 nitrogen and oxygen atoms in total. The first kappa shape index (κ1) is 17.8. The van der Waals surface area contributed by atoms with Crippen LogP contribution in [0.2, 0.25) is 0 Å². The molecule has 120 valence electrons. The second-order valence-electron chi connectivity index (χ2n) is 5.09. The van der Waals surface area contributed by atoms with Crippen LogP contribution in [-0.4, -0.2) is 31.5 Å². The minimum Gasteiger partial charge on any atom is -0.491 e. The number of nitrogens with one attached hydrogen (secondary N) is 1. The smallest absolute Gasteiger partial charge is 0.414 e. The molecule has 6 heteroatoms. The average Bonchev–Trinajstić information content (AvgIpc) is 2.40. The summed E-state index contributed by atoms with van der Waals surface area (Å²) >= 11 is 0. The molecule has 1 aromatic rings.